The van der Waals surface area contributed by atoms with Crippen molar-refractivity contribution < 1.29 is 22.8 Å². The van der Waals surface area contributed by atoms with Gasteiger partial charge in [0, 0.05) is 24.3 Å². The monoisotopic (exact) mass is 390 g/mol. The largest absolute Gasteiger partial charge is 0.416 e. The summed E-state index contributed by atoms with van der Waals surface area (Å²) in [6, 6.07) is 9.22. The maximum atomic E-state index is 12.9. The SMILES string of the molecule is Cc1cc(C)cc(N2CCN(C(=O)c3ccc(C(F)(F)F)cc3)[C@H](C)C2=O)c1. The maximum absolute atomic E-state index is 12.9. The molecule has 4 nitrogen and oxygen atoms in total. The van der Waals surface area contributed by atoms with E-state index in [1.807, 2.05) is 32.0 Å². The quantitative estimate of drug-likeness (QED) is 0.771. The van der Waals surface area contributed by atoms with Crippen molar-refractivity contribution in [2.75, 3.05) is 18.0 Å². The van der Waals surface area contributed by atoms with E-state index in [0.29, 0.717) is 13.1 Å². The van der Waals surface area contributed by atoms with Crippen LogP contribution in [0.15, 0.2) is 42.5 Å². The first-order valence-electron chi connectivity index (χ1n) is 8.96. The predicted octanol–water partition coefficient (Wildman–Crippen LogP) is 4.20. The number of aryl methyl sites for hydroxylation is 2. The Morgan fingerprint density at radius 1 is 1.00 bits per heavy atom. The lowest BCUT2D eigenvalue weighted by atomic mass is 10.1. The molecule has 0 unspecified atom stereocenters. The van der Waals surface area contributed by atoms with Crippen molar-refractivity contribution >= 4 is 17.5 Å². The van der Waals surface area contributed by atoms with Crippen molar-refractivity contribution in [3.8, 4) is 0 Å². The summed E-state index contributed by atoms with van der Waals surface area (Å²) >= 11 is 0. The van der Waals surface area contributed by atoms with Crippen molar-refractivity contribution in [2.24, 2.45) is 0 Å². The Hall–Kier alpha value is -2.83. The molecule has 2 aromatic rings. The Labute approximate surface area is 161 Å². The number of carbonyl (C=O) groups excluding carboxylic acids is 2. The number of hydrogen-bond donors (Lipinski definition) is 0. The van der Waals surface area contributed by atoms with Crippen molar-refractivity contribution in [1.82, 2.24) is 4.90 Å². The summed E-state index contributed by atoms with van der Waals surface area (Å²) in [6.45, 7) is 6.18. The molecule has 28 heavy (non-hydrogen) atoms. The molecule has 7 heteroatoms. The zero-order valence-electron chi connectivity index (χ0n) is 15.9. The number of halogens is 3. The minimum absolute atomic E-state index is 0.132. The van der Waals surface area contributed by atoms with E-state index in [1.54, 1.807) is 11.8 Å². The third-order valence-electron chi connectivity index (χ3n) is 4.89. The zero-order valence-corrected chi connectivity index (χ0v) is 15.9. The number of rotatable bonds is 2. The van der Waals surface area contributed by atoms with Gasteiger partial charge in [0.25, 0.3) is 5.91 Å². The zero-order chi connectivity index (χ0) is 20.6. The summed E-state index contributed by atoms with van der Waals surface area (Å²) in [4.78, 5) is 28.7. The lowest BCUT2D eigenvalue weighted by Gasteiger charge is -2.39. The molecule has 0 spiro atoms. The molecule has 0 aliphatic carbocycles. The van der Waals surface area contributed by atoms with Gasteiger partial charge in [-0.1, -0.05) is 6.07 Å². The number of nitrogens with zero attached hydrogens (tertiary/aromatic N) is 2. The second-order valence-electron chi connectivity index (χ2n) is 7.09. The second-order valence-corrected chi connectivity index (χ2v) is 7.09. The molecule has 2 amide bonds. The highest BCUT2D eigenvalue weighted by Gasteiger charge is 2.36. The topological polar surface area (TPSA) is 40.6 Å². The number of amides is 2. The number of hydrogen-bond acceptors (Lipinski definition) is 2. The summed E-state index contributed by atoms with van der Waals surface area (Å²) < 4.78 is 38.1. The minimum atomic E-state index is -4.46. The van der Waals surface area contributed by atoms with Gasteiger partial charge in [0.15, 0.2) is 0 Å². The molecule has 1 aliphatic rings. The highest BCUT2D eigenvalue weighted by Crippen LogP contribution is 2.30. The van der Waals surface area contributed by atoms with E-state index in [4.69, 9.17) is 0 Å². The lowest BCUT2D eigenvalue weighted by molar-refractivity contribution is -0.137. The van der Waals surface area contributed by atoms with Crippen LogP contribution in [0.5, 0.6) is 0 Å². The first-order valence-corrected chi connectivity index (χ1v) is 8.96. The van der Waals surface area contributed by atoms with Crippen LogP contribution >= 0.6 is 0 Å². The molecular formula is C21H21F3N2O2. The smallest absolute Gasteiger partial charge is 0.325 e. The lowest BCUT2D eigenvalue weighted by Crippen LogP contribution is -2.57. The summed E-state index contributed by atoms with van der Waals surface area (Å²) in [5.41, 5.74) is 2.19. The molecule has 0 bridgehead atoms. The number of benzene rings is 2. The third-order valence-corrected chi connectivity index (χ3v) is 4.89. The summed E-state index contributed by atoms with van der Waals surface area (Å²) in [5, 5.41) is 0. The van der Waals surface area contributed by atoms with Gasteiger partial charge in [-0.25, -0.2) is 0 Å². The van der Waals surface area contributed by atoms with Crippen LogP contribution in [0.25, 0.3) is 0 Å². The maximum Gasteiger partial charge on any atom is 0.416 e. The Bertz CT molecular complexity index is 887. The van der Waals surface area contributed by atoms with Crippen LogP contribution in [0, 0.1) is 13.8 Å². The van der Waals surface area contributed by atoms with Crippen LogP contribution in [-0.2, 0) is 11.0 Å². The van der Waals surface area contributed by atoms with Gasteiger partial charge in [-0.3, -0.25) is 9.59 Å². The van der Waals surface area contributed by atoms with Gasteiger partial charge >= 0.3 is 6.18 Å². The average Bonchev–Trinajstić information content (AvgIpc) is 2.62. The Balaban J connectivity index is 1.78. The molecule has 1 aliphatic heterocycles. The van der Waals surface area contributed by atoms with Crippen molar-refractivity contribution in [2.45, 2.75) is 33.0 Å². The van der Waals surface area contributed by atoms with Crippen LogP contribution in [0.2, 0.25) is 0 Å². The summed E-state index contributed by atoms with van der Waals surface area (Å²) in [7, 11) is 0. The van der Waals surface area contributed by atoms with E-state index in [1.165, 1.54) is 4.90 Å². The third kappa shape index (κ3) is 3.88. The molecule has 1 fully saturated rings. The number of piperazine rings is 1. The molecule has 0 aromatic heterocycles. The van der Waals surface area contributed by atoms with Gasteiger partial charge < -0.3 is 9.80 Å². The molecule has 0 radical (unpaired) electrons. The van der Waals surface area contributed by atoms with Gasteiger partial charge in [0.05, 0.1) is 5.56 Å². The van der Waals surface area contributed by atoms with Crippen molar-refractivity contribution in [1.29, 1.82) is 0 Å². The molecule has 3 rings (SSSR count). The molecule has 2 aromatic carbocycles. The number of alkyl halides is 3. The van der Waals surface area contributed by atoms with Gasteiger partial charge in [-0.2, -0.15) is 13.2 Å². The predicted molar refractivity (Wildman–Crippen MR) is 100 cm³/mol. The first-order chi connectivity index (χ1) is 13.1. The Kier molecular flexibility index (Phi) is 5.19. The highest BCUT2D eigenvalue weighted by molar-refractivity contribution is 6.03. The van der Waals surface area contributed by atoms with Gasteiger partial charge in [-0.15, -0.1) is 0 Å². The van der Waals surface area contributed by atoms with E-state index in [0.717, 1.165) is 41.1 Å². The Morgan fingerprint density at radius 3 is 2.11 bits per heavy atom. The second kappa shape index (κ2) is 7.30. The van der Waals surface area contributed by atoms with Crippen molar-refractivity contribution in [3.05, 3.63) is 64.7 Å². The standard InChI is InChI=1S/C21H21F3N2O2/c1-13-10-14(2)12-18(11-13)26-9-8-25(15(3)19(26)27)20(28)16-4-6-17(7-5-16)21(22,23)24/h4-7,10-12,15H,8-9H2,1-3H3/t15-/m1/s1. The first kappa shape index (κ1) is 19.9. The van der Waals surface area contributed by atoms with Gasteiger partial charge in [-0.05, 0) is 68.3 Å². The van der Waals surface area contributed by atoms with Crippen LogP contribution in [-0.4, -0.2) is 35.8 Å². The molecule has 1 heterocycles. The molecular weight excluding hydrogens is 369 g/mol. The van der Waals surface area contributed by atoms with E-state index in [2.05, 4.69) is 0 Å². The normalized spacial score (nSPS) is 17.8. The van der Waals surface area contributed by atoms with E-state index in [-0.39, 0.29) is 11.5 Å². The fraction of sp³-hybridized carbons (Fsp3) is 0.333. The molecule has 148 valence electrons. The van der Waals surface area contributed by atoms with Crippen LogP contribution < -0.4 is 4.90 Å². The van der Waals surface area contributed by atoms with Crippen LogP contribution in [0.1, 0.15) is 34.0 Å². The van der Waals surface area contributed by atoms with E-state index >= 15 is 0 Å². The molecule has 0 N–H and O–H groups in total. The van der Waals surface area contributed by atoms with Crippen molar-refractivity contribution in [3.63, 3.8) is 0 Å². The van der Waals surface area contributed by atoms with Crippen LogP contribution in [0.4, 0.5) is 18.9 Å². The minimum Gasteiger partial charge on any atom is -0.325 e. The molecule has 1 saturated heterocycles. The molecule has 1 atom stereocenters. The summed E-state index contributed by atoms with van der Waals surface area (Å²) in [6.07, 6.45) is -4.46. The number of anilines is 1. The fourth-order valence-corrected chi connectivity index (χ4v) is 3.48. The number of carbonyl (C=O) groups is 2. The highest BCUT2D eigenvalue weighted by atomic mass is 19.4. The Morgan fingerprint density at radius 2 is 1.57 bits per heavy atom. The molecule has 0 saturated carbocycles. The van der Waals surface area contributed by atoms with E-state index in [9.17, 15) is 22.8 Å². The van der Waals surface area contributed by atoms with Gasteiger partial charge in [0.1, 0.15) is 6.04 Å². The fourth-order valence-electron chi connectivity index (χ4n) is 3.48. The summed E-state index contributed by atoms with van der Waals surface area (Å²) in [5.74, 6) is -0.661. The average molecular weight is 390 g/mol. The van der Waals surface area contributed by atoms with Gasteiger partial charge in [0.2, 0.25) is 5.91 Å². The van der Waals surface area contributed by atoms with Crippen LogP contribution in [0.3, 0.4) is 0 Å². The van der Waals surface area contributed by atoms with E-state index < -0.39 is 23.7 Å².